The molecule has 0 unspecified atom stereocenters. The lowest BCUT2D eigenvalue weighted by Gasteiger charge is -2.58. The van der Waals surface area contributed by atoms with Crippen LogP contribution in [0, 0.1) is 45.8 Å². The van der Waals surface area contributed by atoms with Gasteiger partial charge in [-0.3, -0.25) is 0 Å². The zero-order chi connectivity index (χ0) is 22.6. The molecule has 0 amide bonds. The second-order valence-electron chi connectivity index (χ2n) is 13.6. The van der Waals surface area contributed by atoms with Gasteiger partial charge in [0.2, 0.25) is 0 Å². The van der Waals surface area contributed by atoms with Gasteiger partial charge in [-0.2, -0.15) is 0 Å². The summed E-state index contributed by atoms with van der Waals surface area (Å²) in [5.74, 6) is 4.43. The van der Waals surface area contributed by atoms with Gasteiger partial charge in [-0.25, -0.2) is 0 Å². The number of aliphatic hydroxyl groups is 1. The standard InChI is InChI=1S/C30H50O/c1-20(9-8-10-21(2)28(3,4)5)25-13-14-26-24-12-11-22-19-23(31)15-17-29(22,6)27(24)16-18-30(25,26)7/h10-11,20,23-27,31H,8-9,12-19H2,1-7H3/t20-,23+,24+,25-,26+,27+,29+,30-/m1/s1. The minimum Gasteiger partial charge on any atom is -0.393 e. The first-order valence-electron chi connectivity index (χ1n) is 13.5. The molecule has 31 heavy (non-hydrogen) atoms. The summed E-state index contributed by atoms with van der Waals surface area (Å²) in [6.07, 6.45) is 17.9. The monoisotopic (exact) mass is 426 g/mol. The first kappa shape index (κ1) is 23.6. The van der Waals surface area contributed by atoms with E-state index in [9.17, 15) is 5.11 Å². The van der Waals surface area contributed by atoms with Gasteiger partial charge in [0, 0.05) is 0 Å². The van der Waals surface area contributed by atoms with Gasteiger partial charge in [-0.1, -0.05) is 64.8 Å². The van der Waals surface area contributed by atoms with Gasteiger partial charge < -0.3 is 5.11 Å². The molecule has 4 aliphatic carbocycles. The molecule has 0 aromatic carbocycles. The first-order valence-corrected chi connectivity index (χ1v) is 13.5. The summed E-state index contributed by atoms with van der Waals surface area (Å²) in [5, 5.41) is 10.3. The molecule has 1 heteroatoms. The van der Waals surface area contributed by atoms with Crippen LogP contribution in [0.2, 0.25) is 0 Å². The number of hydrogen-bond donors (Lipinski definition) is 1. The summed E-state index contributed by atoms with van der Waals surface area (Å²) in [6, 6.07) is 0. The number of allylic oxidation sites excluding steroid dienone is 3. The Hall–Kier alpha value is -0.560. The van der Waals surface area contributed by atoms with Gasteiger partial charge in [-0.15, -0.1) is 0 Å². The van der Waals surface area contributed by atoms with Gasteiger partial charge in [-0.05, 0) is 117 Å². The lowest BCUT2D eigenvalue weighted by Crippen LogP contribution is -2.50. The second kappa shape index (κ2) is 8.34. The minimum atomic E-state index is -0.0857. The van der Waals surface area contributed by atoms with E-state index in [-0.39, 0.29) is 6.10 Å². The van der Waals surface area contributed by atoms with Gasteiger partial charge in [0.05, 0.1) is 6.10 Å². The van der Waals surface area contributed by atoms with Crippen LogP contribution in [0.15, 0.2) is 23.3 Å². The third-order valence-electron chi connectivity index (χ3n) is 11.1. The molecular weight excluding hydrogens is 376 g/mol. The molecule has 4 rings (SSSR count). The Bertz CT molecular complexity index is 723. The van der Waals surface area contributed by atoms with Crippen LogP contribution in [0.4, 0.5) is 0 Å². The van der Waals surface area contributed by atoms with E-state index < -0.39 is 0 Å². The Kier molecular flexibility index (Phi) is 6.35. The van der Waals surface area contributed by atoms with E-state index in [1.54, 1.807) is 11.1 Å². The quantitative estimate of drug-likeness (QED) is 0.448. The number of fused-ring (bicyclic) bond motifs is 5. The molecule has 0 spiro atoms. The van der Waals surface area contributed by atoms with E-state index in [0.717, 1.165) is 42.4 Å². The van der Waals surface area contributed by atoms with Gasteiger partial charge in [0.15, 0.2) is 0 Å². The Labute approximate surface area is 193 Å². The molecule has 8 atom stereocenters. The summed E-state index contributed by atoms with van der Waals surface area (Å²) >= 11 is 0. The Morgan fingerprint density at radius 2 is 1.87 bits per heavy atom. The van der Waals surface area contributed by atoms with Crippen molar-refractivity contribution in [1.29, 1.82) is 0 Å². The lowest BCUT2D eigenvalue weighted by atomic mass is 9.47. The zero-order valence-corrected chi connectivity index (χ0v) is 21.6. The predicted octanol–water partition coefficient (Wildman–Crippen LogP) is 8.34. The number of rotatable bonds is 4. The smallest absolute Gasteiger partial charge is 0.0577 e. The van der Waals surface area contributed by atoms with Crippen molar-refractivity contribution < 1.29 is 5.11 Å². The normalized spacial score (nSPS) is 44.2. The van der Waals surface area contributed by atoms with Gasteiger partial charge >= 0.3 is 0 Å². The Morgan fingerprint density at radius 3 is 2.58 bits per heavy atom. The highest BCUT2D eigenvalue weighted by atomic mass is 16.3. The molecule has 0 saturated heterocycles. The fraction of sp³-hybridized carbons (Fsp3) is 0.867. The maximum Gasteiger partial charge on any atom is 0.0577 e. The predicted molar refractivity (Wildman–Crippen MR) is 133 cm³/mol. The summed E-state index contributed by atoms with van der Waals surface area (Å²) < 4.78 is 0. The minimum absolute atomic E-state index is 0.0857. The van der Waals surface area contributed by atoms with Crippen molar-refractivity contribution in [2.75, 3.05) is 0 Å². The lowest BCUT2D eigenvalue weighted by molar-refractivity contribution is -0.0571. The van der Waals surface area contributed by atoms with E-state index >= 15 is 0 Å². The molecule has 0 radical (unpaired) electrons. The van der Waals surface area contributed by atoms with Gasteiger partial charge in [0.25, 0.3) is 0 Å². The van der Waals surface area contributed by atoms with Crippen LogP contribution >= 0.6 is 0 Å². The maximum absolute atomic E-state index is 10.3. The third kappa shape index (κ3) is 4.11. The topological polar surface area (TPSA) is 20.2 Å². The second-order valence-corrected chi connectivity index (χ2v) is 13.6. The molecule has 0 aliphatic heterocycles. The van der Waals surface area contributed by atoms with Crippen molar-refractivity contribution in [3.63, 3.8) is 0 Å². The van der Waals surface area contributed by atoms with Crippen LogP contribution in [0.25, 0.3) is 0 Å². The Balaban J connectivity index is 1.46. The molecule has 3 saturated carbocycles. The average Bonchev–Trinajstić information content (AvgIpc) is 3.05. The van der Waals surface area contributed by atoms with E-state index in [0.29, 0.717) is 16.2 Å². The maximum atomic E-state index is 10.3. The van der Waals surface area contributed by atoms with Crippen LogP contribution in [-0.4, -0.2) is 11.2 Å². The van der Waals surface area contributed by atoms with Crippen molar-refractivity contribution in [3.05, 3.63) is 23.3 Å². The fourth-order valence-electron chi connectivity index (χ4n) is 8.69. The molecule has 1 N–H and O–H groups in total. The third-order valence-corrected chi connectivity index (χ3v) is 11.1. The molecule has 0 bridgehead atoms. The van der Waals surface area contributed by atoms with Crippen molar-refractivity contribution in [1.82, 2.24) is 0 Å². The highest BCUT2D eigenvalue weighted by molar-refractivity contribution is 5.25. The number of hydrogen-bond acceptors (Lipinski definition) is 1. The van der Waals surface area contributed by atoms with E-state index in [4.69, 9.17) is 0 Å². The van der Waals surface area contributed by atoms with Crippen molar-refractivity contribution in [2.45, 2.75) is 119 Å². The highest BCUT2D eigenvalue weighted by Gasteiger charge is 2.59. The molecule has 176 valence electrons. The van der Waals surface area contributed by atoms with Crippen molar-refractivity contribution in [3.8, 4) is 0 Å². The molecule has 0 heterocycles. The molecule has 1 nitrogen and oxygen atoms in total. The van der Waals surface area contributed by atoms with Crippen molar-refractivity contribution >= 4 is 0 Å². The summed E-state index contributed by atoms with van der Waals surface area (Å²) in [6.45, 7) is 17.1. The van der Waals surface area contributed by atoms with Crippen LogP contribution in [0.5, 0.6) is 0 Å². The molecule has 3 fully saturated rings. The summed E-state index contributed by atoms with van der Waals surface area (Å²) in [5.41, 5.74) is 4.40. The summed E-state index contributed by atoms with van der Waals surface area (Å²) in [7, 11) is 0. The first-order chi connectivity index (χ1) is 14.5. The van der Waals surface area contributed by atoms with Crippen LogP contribution in [0.1, 0.15) is 113 Å². The fourth-order valence-corrected chi connectivity index (χ4v) is 8.69. The SMILES string of the molecule is CC(=CCC[C@@H](C)[C@H]1CC[C@H]2[C@@H]3CC=C4C[C@@H](O)CC[C@]4(C)[C@H]3CC[C@]12C)C(C)(C)C. The molecule has 0 aromatic heterocycles. The highest BCUT2D eigenvalue weighted by Crippen LogP contribution is 2.67. The molecule has 0 aromatic rings. The summed E-state index contributed by atoms with van der Waals surface area (Å²) in [4.78, 5) is 0. The zero-order valence-electron chi connectivity index (χ0n) is 21.6. The molecular formula is C30H50O. The van der Waals surface area contributed by atoms with Crippen LogP contribution < -0.4 is 0 Å². The Morgan fingerprint density at radius 1 is 1.13 bits per heavy atom. The largest absolute Gasteiger partial charge is 0.393 e. The van der Waals surface area contributed by atoms with Crippen LogP contribution in [0.3, 0.4) is 0 Å². The number of aliphatic hydroxyl groups excluding tert-OH is 1. The van der Waals surface area contributed by atoms with Crippen molar-refractivity contribution in [2.24, 2.45) is 45.8 Å². The van der Waals surface area contributed by atoms with Crippen LogP contribution in [-0.2, 0) is 0 Å². The van der Waals surface area contributed by atoms with E-state index in [2.05, 4.69) is 60.6 Å². The van der Waals surface area contributed by atoms with E-state index in [1.165, 1.54) is 51.4 Å². The average molecular weight is 427 g/mol. The van der Waals surface area contributed by atoms with E-state index in [1.807, 2.05) is 0 Å². The van der Waals surface area contributed by atoms with Gasteiger partial charge in [0.1, 0.15) is 0 Å². The molecule has 4 aliphatic rings.